The fraction of sp³-hybridized carbons (Fsp3) is 0.462. The summed E-state index contributed by atoms with van der Waals surface area (Å²) in [7, 11) is 0. The van der Waals surface area contributed by atoms with Crippen LogP contribution in [0, 0.1) is 11.9 Å². The molecule has 0 aliphatic carbocycles. The second-order valence-corrected chi connectivity index (χ2v) is 4.55. The lowest BCUT2D eigenvalue weighted by Gasteiger charge is -2.08. The number of amides is 2. The first-order valence-electron chi connectivity index (χ1n) is 6.16. The number of aromatic nitrogens is 1. The molecule has 6 heteroatoms. The van der Waals surface area contributed by atoms with Crippen LogP contribution in [0.5, 0.6) is 0 Å². The summed E-state index contributed by atoms with van der Waals surface area (Å²) in [5, 5.41) is 5.21. The first kappa shape index (κ1) is 15.1. The number of carbonyl (C=O) groups excluding carboxylic acids is 2. The molecule has 2 N–H and O–H groups in total. The lowest BCUT2D eigenvalue weighted by Crippen LogP contribution is -2.32. The molecule has 0 unspecified atom stereocenters. The molecule has 19 heavy (non-hydrogen) atoms. The van der Waals surface area contributed by atoms with Crippen LogP contribution >= 0.6 is 0 Å². The Morgan fingerprint density at radius 1 is 1.37 bits per heavy atom. The van der Waals surface area contributed by atoms with Crippen LogP contribution in [-0.2, 0) is 4.79 Å². The third-order valence-electron chi connectivity index (χ3n) is 2.35. The fourth-order valence-electron chi connectivity index (χ4n) is 1.35. The normalized spacial score (nSPS) is 10.3. The van der Waals surface area contributed by atoms with Crippen LogP contribution in [0.15, 0.2) is 18.3 Å². The highest BCUT2D eigenvalue weighted by Crippen LogP contribution is 2.02. The molecule has 1 rings (SSSR count). The van der Waals surface area contributed by atoms with Crippen molar-refractivity contribution in [2.45, 2.75) is 20.3 Å². The van der Waals surface area contributed by atoms with Crippen LogP contribution in [0.2, 0.25) is 0 Å². The molecule has 0 radical (unpaired) electrons. The molecule has 0 atom stereocenters. The van der Waals surface area contributed by atoms with E-state index in [1.54, 1.807) is 0 Å². The van der Waals surface area contributed by atoms with E-state index < -0.39 is 11.9 Å². The Balaban J connectivity index is 2.32. The summed E-state index contributed by atoms with van der Waals surface area (Å²) < 4.78 is 13.2. The Morgan fingerprint density at radius 2 is 2.11 bits per heavy atom. The van der Waals surface area contributed by atoms with Crippen LogP contribution in [0.4, 0.5) is 4.39 Å². The van der Waals surface area contributed by atoms with Crippen molar-refractivity contribution in [1.29, 1.82) is 0 Å². The van der Waals surface area contributed by atoms with Gasteiger partial charge < -0.3 is 10.6 Å². The summed E-state index contributed by atoms with van der Waals surface area (Å²) in [5.41, 5.74) is -0.120. The standard InChI is InChI=1S/C13H18FN3O2/c1-9(2)8-17-11(18)5-7-16-13(19)10-4-3-6-15-12(10)14/h3-4,6,9H,5,7-8H2,1-2H3,(H,16,19)(H,17,18). The molecule has 0 spiro atoms. The molecular weight excluding hydrogens is 249 g/mol. The van der Waals surface area contributed by atoms with Gasteiger partial charge in [-0.25, -0.2) is 4.98 Å². The van der Waals surface area contributed by atoms with Gasteiger partial charge in [-0.05, 0) is 18.1 Å². The van der Waals surface area contributed by atoms with Crippen molar-refractivity contribution >= 4 is 11.8 Å². The molecule has 1 aromatic heterocycles. The maximum Gasteiger partial charge on any atom is 0.255 e. The molecule has 5 nitrogen and oxygen atoms in total. The first-order valence-corrected chi connectivity index (χ1v) is 6.16. The van der Waals surface area contributed by atoms with Crippen molar-refractivity contribution in [3.63, 3.8) is 0 Å². The number of carbonyl (C=O) groups is 2. The van der Waals surface area contributed by atoms with Gasteiger partial charge >= 0.3 is 0 Å². The number of rotatable bonds is 6. The fourth-order valence-corrected chi connectivity index (χ4v) is 1.35. The topological polar surface area (TPSA) is 71.1 Å². The Bertz CT molecular complexity index is 449. The summed E-state index contributed by atoms with van der Waals surface area (Å²) in [6.07, 6.45) is 1.44. The molecule has 1 aromatic rings. The van der Waals surface area contributed by atoms with Crippen molar-refractivity contribution in [2.75, 3.05) is 13.1 Å². The Hall–Kier alpha value is -1.98. The van der Waals surface area contributed by atoms with Crippen LogP contribution in [-0.4, -0.2) is 29.9 Å². The molecule has 0 aliphatic rings. The van der Waals surface area contributed by atoms with E-state index in [1.165, 1.54) is 18.3 Å². The van der Waals surface area contributed by atoms with Gasteiger partial charge in [0.15, 0.2) is 0 Å². The van der Waals surface area contributed by atoms with Gasteiger partial charge in [0.05, 0.1) is 5.56 Å². The van der Waals surface area contributed by atoms with Crippen molar-refractivity contribution in [3.8, 4) is 0 Å². The van der Waals surface area contributed by atoms with Crippen LogP contribution in [0.1, 0.15) is 30.6 Å². The number of nitrogens with one attached hydrogen (secondary N) is 2. The minimum absolute atomic E-state index is 0.120. The second kappa shape index (κ2) is 7.45. The van der Waals surface area contributed by atoms with Gasteiger partial charge in [-0.2, -0.15) is 4.39 Å². The molecule has 1 heterocycles. The molecule has 0 aliphatic heterocycles. The van der Waals surface area contributed by atoms with E-state index in [4.69, 9.17) is 0 Å². The predicted molar refractivity (Wildman–Crippen MR) is 69.0 cm³/mol. The highest BCUT2D eigenvalue weighted by atomic mass is 19.1. The summed E-state index contributed by atoms with van der Waals surface area (Å²) in [5.74, 6) is -1.14. The van der Waals surface area contributed by atoms with Crippen LogP contribution < -0.4 is 10.6 Å². The Kier molecular flexibility index (Phi) is 5.92. The van der Waals surface area contributed by atoms with E-state index in [0.29, 0.717) is 12.5 Å². The third-order valence-corrected chi connectivity index (χ3v) is 2.35. The number of nitrogens with zero attached hydrogens (tertiary/aromatic N) is 1. The Labute approximate surface area is 111 Å². The average molecular weight is 267 g/mol. The highest BCUT2D eigenvalue weighted by molar-refractivity contribution is 5.94. The van der Waals surface area contributed by atoms with Gasteiger partial charge in [0.2, 0.25) is 11.9 Å². The Morgan fingerprint density at radius 3 is 2.74 bits per heavy atom. The van der Waals surface area contributed by atoms with E-state index in [1.807, 2.05) is 13.8 Å². The number of halogens is 1. The first-order chi connectivity index (χ1) is 9.00. The van der Waals surface area contributed by atoms with Crippen molar-refractivity contribution in [2.24, 2.45) is 5.92 Å². The molecule has 104 valence electrons. The minimum atomic E-state index is -0.816. The van der Waals surface area contributed by atoms with E-state index in [0.717, 1.165) is 0 Å². The van der Waals surface area contributed by atoms with Crippen molar-refractivity contribution in [3.05, 3.63) is 29.8 Å². The molecule has 0 fully saturated rings. The number of hydrogen-bond acceptors (Lipinski definition) is 3. The van der Waals surface area contributed by atoms with Gasteiger partial charge in [-0.1, -0.05) is 13.8 Å². The van der Waals surface area contributed by atoms with E-state index in [-0.39, 0.29) is 24.4 Å². The molecule has 0 aromatic carbocycles. The molecular formula is C13H18FN3O2. The van der Waals surface area contributed by atoms with Crippen molar-refractivity contribution in [1.82, 2.24) is 15.6 Å². The summed E-state index contributed by atoms with van der Waals surface area (Å²) in [4.78, 5) is 26.4. The van der Waals surface area contributed by atoms with Gasteiger partial charge in [-0.15, -0.1) is 0 Å². The zero-order valence-electron chi connectivity index (χ0n) is 11.1. The minimum Gasteiger partial charge on any atom is -0.356 e. The monoisotopic (exact) mass is 267 g/mol. The van der Waals surface area contributed by atoms with E-state index in [9.17, 15) is 14.0 Å². The highest BCUT2D eigenvalue weighted by Gasteiger charge is 2.11. The molecule has 0 saturated heterocycles. The summed E-state index contributed by atoms with van der Waals surface area (Å²) in [6, 6.07) is 2.82. The number of pyridine rings is 1. The summed E-state index contributed by atoms with van der Waals surface area (Å²) in [6.45, 7) is 4.75. The van der Waals surface area contributed by atoms with Gasteiger partial charge in [-0.3, -0.25) is 9.59 Å². The van der Waals surface area contributed by atoms with Gasteiger partial charge in [0.1, 0.15) is 0 Å². The van der Waals surface area contributed by atoms with Gasteiger partial charge in [0.25, 0.3) is 5.91 Å². The maximum absolute atomic E-state index is 13.2. The lowest BCUT2D eigenvalue weighted by molar-refractivity contribution is -0.121. The largest absolute Gasteiger partial charge is 0.356 e. The zero-order valence-corrected chi connectivity index (χ0v) is 11.1. The second-order valence-electron chi connectivity index (χ2n) is 4.55. The number of hydrogen-bond donors (Lipinski definition) is 2. The smallest absolute Gasteiger partial charge is 0.255 e. The van der Waals surface area contributed by atoms with Crippen LogP contribution in [0.3, 0.4) is 0 Å². The summed E-state index contributed by atoms with van der Waals surface area (Å²) >= 11 is 0. The van der Waals surface area contributed by atoms with Gasteiger partial charge in [0, 0.05) is 25.7 Å². The SMILES string of the molecule is CC(C)CNC(=O)CCNC(=O)c1cccnc1F. The molecule has 0 saturated carbocycles. The molecule has 2 amide bonds. The van der Waals surface area contributed by atoms with Crippen LogP contribution in [0.25, 0.3) is 0 Å². The van der Waals surface area contributed by atoms with E-state index >= 15 is 0 Å². The zero-order chi connectivity index (χ0) is 14.3. The molecule has 0 bridgehead atoms. The lowest BCUT2D eigenvalue weighted by atomic mass is 10.2. The van der Waals surface area contributed by atoms with E-state index in [2.05, 4.69) is 15.6 Å². The quantitative estimate of drug-likeness (QED) is 0.759. The maximum atomic E-state index is 13.2. The predicted octanol–water partition coefficient (Wildman–Crippen LogP) is 1.11. The average Bonchev–Trinajstić information content (AvgIpc) is 2.36. The van der Waals surface area contributed by atoms with Crippen molar-refractivity contribution < 1.29 is 14.0 Å². The third kappa shape index (κ3) is 5.46.